The van der Waals surface area contributed by atoms with E-state index in [2.05, 4.69) is 20.6 Å². The first-order chi connectivity index (χ1) is 9.69. The van der Waals surface area contributed by atoms with E-state index in [4.69, 9.17) is 23.2 Å². The first-order valence-corrected chi connectivity index (χ1v) is 7.46. The van der Waals surface area contributed by atoms with E-state index in [0.717, 1.165) is 10.2 Å². The summed E-state index contributed by atoms with van der Waals surface area (Å²) in [4.78, 5) is 9.73. The Hall–Kier alpha value is -1.56. The van der Waals surface area contributed by atoms with Crippen molar-refractivity contribution >= 4 is 62.2 Å². The summed E-state index contributed by atoms with van der Waals surface area (Å²) in [5, 5.41) is 10.1. The molecule has 0 aliphatic heterocycles. The van der Waals surface area contributed by atoms with Crippen molar-refractivity contribution in [3.05, 3.63) is 39.7 Å². The summed E-state index contributed by atoms with van der Waals surface area (Å²) < 4.78 is 0. The molecule has 0 spiro atoms. The summed E-state index contributed by atoms with van der Waals surface area (Å²) in [6, 6.07) is 7.41. The van der Waals surface area contributed by atoms with Gasteiger partial charge < -0.3 is 10.6 Å². The fraction of sp³-hybridized carbons (Fsp3) is 0.0769. The summed E-state index contributed by atoms with van der Waals surface area (Å²) in [6.07, 6.45) is 0. The SMILES string of the molecule is CNc1nc(Nc2cccc(Cl)c2Cl)c2ccsc2n1. The van der Waals surface area contributed by atoms with Crippen molar-refractivity contribution in [1.82, 2.24) is 9.97 Å². The van der Waals surface area contributed by atoms with Crippen LogP contribution in [0.1, 0.15) is 0 Å². The molecule has 0 atom stereocenters. The van der Waals surface area contributed by atoms with E-state index >= 15 is 0 Å². The number of fused-ring (bicyclic) bond motifs is 1. The zero-order valence-electron chi connectivity index (χ0n) is 10.4. The average molecular weight is 325 g/mol. The number of anilines is 3. The maximum Gasteiger partial charge on any atom is 0.225 e. The van der Waals surface area contributed by atoms with Gasteiger partial charge in [-0.3, -0.25) is 0 Å². The second-order valence-electron chi connectivity index (χ2n) is 4.01. The molecule has 2 aromatic heterocycles. The van der Waals surface area contributed by atoms with Gasteiger partial charge >= 0.3 is 0 Å². The Kier molecular flexibility index (Phi) is 3.65. The number of rotatable bonds is 3. The zero-order valence-corrected chi connectivity index (χ0v) is 12.8. The third-order valence-corrected chi connectivity index (χ3v) is 4.38. The lowest BCUT2D eigenvalue weighted by Gasteiger charge is -2.10. The molecule has 3 aromatic rings. The highest BCUT2D eigenvalue weighted by Gasteiger charge is 2.11. The highest BCUT2D eigenvalue weighted by Crippen LogP contribution is 2.34. The van der Waals surface area contributed by atoms with Crippen molar-refractivity contribution < 1.29 is 0 Å². The monoisotopic (exact) mass is 324 g/mol. The van der Waals surface area contributed by atoms with Crippen molar-refractivity contribution in [3.63, 3.8) is 0 Å². The molecule has 0 fully saturated rings. The number of nitrogens with one attached hydrogen (secondary N) is 2. The van der Waals surface area contributed by atoms with Crippen LogP contribution in [0.4, 0.5) is 17.5 Å². The van der Waals surface area contributed by atoms with E-state index in [0.29, 0.717) is 27.5 Å². The van der Waals surface area contributed by atoms with Crippen LogP contribution >= 0.6 is 34.5 Å². The minimum absolute atomic E-state index is 0.474. The van der Waals surface area contributed by atoms with Crippen LogP contribution in [0, 0.1) is 0 Å². The molecule has 2 heterocycles. The number of hydrogen-bond acceptors (Lipinski definition) is 5. The quantitative estimate of drug-likeness (QED) is 0.727. The molecule has 1 aromatic carbocycles. The lowest BCUT2D eigenvalue weighted by atomic mass is 10.3. The molecule has 0 aliphatic rings. The normalized spacial score (nSPS) is 10.8. The molecule has 20 heavy (non-hydrogen) atoms. The van der Waals surface area contributed by atoms with Gasteiger partial charge in [0.1, 0.15) is 10.6 Å². The van der Waals surface area contributed by atoms with E-state index in [1.165, 1.54) is 0 Å². The van der Waals surface area contributed by atoms with E-state index in [-0.39, 0.29) is 0 Å². The maximum atomic E-state index is 6.19. The molecule has 0 saturated carbocycles. The molecular formula is C13H10Cl2N4S. The van der Waals surface area contributed by atoms with Crippen LogP contribution in [0.3, 0.4) is 0 Å². The van der Waals surface area contributed by atoms with Crippen LogP contribution in [0.25, 0.3) is 10.2 Å². The Labute approximate surface area is 129 Å². The van der Waals surface area contributed by atoms with E-state index in [1.807, 2.05) is 23.6 Å². The number of nitrogens with zero attached hydrogens (tertiary/aromatic N) is 2. The third-order valence-electron chi connectivity index (χ3n) is 2.75. The van der Waals surface area contributed by atoms with Gasteiger partial charge in [-0.25, -0.2) is 4.98 Å². The molecule has 0 unspecified atom stereocenters. The molecule has 3 rings (SSSR count). The predicted octanol–water partition coefficient (Wildman–Crippen LogP) is 4.78. The van der Waals surface area contributed by atoms with Crippen molar-refractivity contribution in [2.75, 3.05) is 17.7 Å². The van der Waals surface area contributed by atoms with Crippen molar-refractivity contribution in [2.45, 2.75) is 0 Å². The highest BCUT2D eigenvalue weighted by atomic mass is 35.5. The molecule has 2 N–H and O–H groups in total. The van der Waals surface area contributed by atoms with Crippen LogP contribution in [0.2, 0.25) is 10.0 Å². The smallest absolute Gasteiger partial charge is 0.225 e. The largest absolute Gasteiger partial charge is 0.357 e. The zero-order chi connectivity index (χ0) is 14.1. The van der Waals surface area contributed by atoms with Crippen LogP contribution in [-0.4, -0.2) is 17.0 Å². The summed E-state index contributed by atoms with van der Waals surface area (Å²) in [7, 11) is 1.78. The van der Waals surface area contributed by atoms with Gasteiger partial charge in [-0.2, -0.15) is 4.98 Å². The molecule has 0 amide bonds. The second-order valence-corrected chi connectivity index (χ2v) is 5.69. The standard InChI is InChI=1S/C13H10Cl2N4S/c1-16-13-18-11(7-5-6-20-12(7)19-13)17-9-4-2-3-8(14)10(9)15/h2-6H,1H3,(H2,16,17,18,19). The third kappa shape index (κ3) is 2.40. The molecule has 0 aliphatic carbocycles. The first kappa shape index (κ1) is 13.4. The number of hydrogen-bond donors (Lipinski definition) is 2. The Morgan fingerprint density at radius 2 is 2.00 bits per heavy atom. The van der Waals surface area contributed by atoms with Crippen LogP contribution < -0.4 is 10.6 Å². The molecule has 0 radical (unpaired) electrons. The summed E-state index contributed by atoms with van der Waals surface area (Å²) in [5.74, 6) is 1.25. The van der Waals surface area contributed by atoms with E-state index in [1.54, 1.807) is 24.5 Å². The van der Waals surface area contributed by atoms with Gasteiger partial charge in [0.25, 0.3) is 0 Å². The van der Waals surface area contributed by atoms with Gasteiger partial charge in [0, 0.05) is 7.05 Å². The molecule has 0 saturated heterocycles. The molecule has 4 nitrogen and oxygen atoms in total. The highest BCUT2D eigenvalue weighted by molar-refractivity contribution is 7.16. The van der Waals surface area contributed by atoms with Crippen molar-refractivity contribution in [3.8, 4) is 0 Å². The fourth-order valence-corrected chi connectivity index (χ4v) is 2.90. The number of halogens is 2. The van der Waals surface area contributed by atoms with Crippen molar-refractivity contribution in [1.29, 1.82) is 0 Å². The molecule has 7 heteroatoms. The van der Waals surface area contributed by atoms with Crippen LogP contribution in [0.5, 0.6) is 0 Å². The summed E-state index contributed by atoms with van der Waals surface area (Å²) in [5.41, 5.74) is 0.715. The Bertz CT molecular complexity index is 772. The summed E-state index contributed by atoms with van der Waals surface area (Å²) >= 11 is 13.8. The topological polar surface area (TPSA) is 49.8 Å². The number of aromatic nitrogens is 2. The average Bonchev–Trinajstić information content (AvgIpc) is 2.92. The minimum Gasteiger partial charge on any atom is -0.357 e. The second kappa shape index (κ2) is 5.44. The van der Waals surface area contributed by atoms with Crippen LogP contribution in [-0.2, 0) is 0 Å². The lowest BCUT2D eigenvalue weighted by molar-refractivity contribution is 1.20. The predicted molar refractivity (Wildman–Crippen MR) is 86.7 cm³/mol. The molecule has 0 bridgehead atoms. The first-order valence-electron chi connectivity index (χ1n) is 5.83. The molecule has 102 valence electrons. The van der Waals surface area contributed by atoms with Crippen molar-refractivity contribution in [2.24, 2.45) is 0 Å². The van der Waals surface area contributed by atoms with E-state index < -0.39 is 0 Å². The van der Waals surface area contributed by atoms with Gasteiger partial charge in [-0.05, 0) is 23.6 Å². The number of benzene rings is 1. The Morgan fingerprint density at radius 3 is 2.80 bits per heavy atom. The maximum absolute atomic E-state index is 6.19. The summed E-state index contributed by atoms with van der Waals surface area (Å²) in [6.45, 7) is 0. The van der Waals surface area contributed by atoms with Crippen LogP contribution in [0.15, 0.2) is 29.6 Å². The fourth-order valence-electron chi connectivity index (χ4n) is 1.79. The lowest BCUT2D eigenvalue weighted by Crippen LogP contribution is -2.01. The van der Waals surface area contributed by atoms with Gasteiger partial charge in [-0.1, -0.05) is 29.3 Å². The van der Waals surface area contributed by atoms with Gasteiger partial charge in [-0.15, -0.1) is 11.3 Å². The van der Waals surface area contributed by atoms with Gasteiger partial charge in [0.05, 0.1) is 21.1 Å². The van der Waals surface area contributed by atoms with Gasteiger partial charge in [0.2, 0.25) is 5.95 Å². The minimum atomic E-state index is 0.474. The Morgan fingerprint density at radius 1 is 1.15 bits per heavy atom. The Balaban J connectivity index is 2.10. The number of thiophene rings is 1. The van der Waals surface area contributed by atoms with Gasteiger partial charge in [0.15, 0.2) is 0 Å². The van der Waals surface area contributed by atoms with E-state index in [9.17, 15) is 0 Å². The molecular weight excluding hydrogens is 315 g/mol.